The predicted molar refractivity (Wildman–Crippen MR) is 82.8 cm³/mol. The minimum atomic E-state index is -3.35. The zero-order valence-corrected chi connectivity index (χ0v) is 12.6. The molecule has 3 rings (SSSR count). The van der Waals surface area contributed by atoms with Gasteiger partial charge in [-0.3, -0.25) is 4.98 Å². The van der Waals surface area contributed by atoms with Gasteiger partial charge in [0.05, 0.1) is 4.90 Å². The standard InChI is InChI=1S/C15H19N3O2S/c19-21(20,11-18-13-4-7-16-8-5-13)15-3-1-2-12-10-17-9-6-14(12)15/h1-3,6,9-10,13,16,18H,4-5,7-8,11H2. The van der Waals surface area contributed by atoms with Crippen LogP contribution >= 0.6 is 0 Å². The summed E-state index contributed by atoms with van der Waals surface area (Å²) < 4.78 is 25.2. The van der Waals surface area contributed by atoms with Crippen molar-refractivity contribution in [2.75, 3.05) is 19.0 Å². The summed E-state index contributed by atoms with van der Waals surface area (Å²) >= 11 is 0. The summed E-state index contributed by atoms with van der Waals surface area (Å²) in [7, 11) is -3.35. The second-order valence-corrected chi connectivity index (χ2v) is 7.30. The molecule has 1 aromatic heterocycles. The van der Waals surface area contributed by atoms with Crippen LogP contribution < -0.4 is 10.6 Å². The van der Waals surface area contributed by atoms with Crippen molar-refractivity contribution in [1.82, 2.24) is 15.6 Å². The van der Waals surface area contributed by atoms with Crippen molar-refractivity contribution in [2.45, 2.75) is 23.8 Å². The van der Waals surface area contributed by atoms with Crippen molar-refractivity contribution >= 4 is 20.6 Å². The molecule has 5 nitrogen and oxygen atoms in total. The third kappa shape index (κ3) is 3.23. The Morgan fingerprint density at radius 3 is 2.86 bits per heavy atom. The highest BCUT2D eigenvalue weighted by Gasteiger charge is 2.20. The number of piperidine rings is 1. The molecule has 1 aromatic carbocycles. The molecule has 0 saturated carbocycles. The maximum Gasteiger partial charge on any atom is 0.191 e. The Balaban J connectivity index is 1.83. The Morgan fingerprint density at radius 1 is 1.24 bits per heavy atom. The normalized spacial score (nSPS) is 17.1. The molecule has 0 unspecified atom stereocenters. The maximum atomic E-state index is 12.6. The van der Waals surface area contributed by atoms with E-state index in [9.17, 15) is 8.42 Å². The summed E-state index contributed by atoms with van der Waals surface area (Å²) in [4.78, 5) is 4.42. The van der Waals surface area contributed by atoms with E-state index in [1.807, 2.05) is 6.07 Å². The lowest BCUT2D eigenvalue weighted by atomic mass is 10.1. The number of hydrogen-bond acceptors (Lipinski definition) is 5. The van der Waals surface area contributed by atoms with Gasteiger partial charge >= 0.3 is 0 Å². The highest BCUT2D eigenvalue weighted by Crippen LogP contribution is 2.22. The zero-order valence-electron chi connectivity index (χ0n) is 11.7. The third-order valence-electron chi connectivity index (χ3n) is 3.88. The van der Waals surface area contributed by atoms with E-state index in [4.69, 9.17) is 0 Å². The molecule has 2 aromatic rings. The van der Waals surface area contributed by atoms with E-state index < -0.39 is 9.84 Å². The van der Waals surface area contributed by atoms with Gasteiger partial charge in [0.25, 0.3) is 0 Å². The lowest BCUT2D eigenvalue weighted by Crippen LogP contribution is -2.41. The fourth-order valence-corrected chi connectivity index (χ4v) is 4.11. The number of sulfone groups is 1. The zero-order chi connectivity index (χ0) is 14.7. The van der Waals surface area contributed by atoms with Crippen LogP contribution in [0.1, 0.15) is 12.8 Å². The van der Waals surface area contributed by atoms with E-state index in [1.165, 1.54) is 0 Å². The summed E-state index contributed by atoms with van der Waals surface area (Å²) in [6.45, 7) is 1.88. The van der Waals surface area contributed by atoms with Crippen LogP contribution in [0, 0.1) is 0 Å². The van der Waals surface area contributed by atoms with E-state index in [1.54, 1.807) is 30.6 Å². The Labute approximate surface area is 124 Å². The van der Waals surface area contributed by atoms with E-state index >= 15 is 0 Å². The Hall–Kier alpha value is -1.50. The maximum absolute atomic E-state index is 12.6. The van der Waals surface area contributed by atoms with Gasteiger partial charge in [-0.1, -0.05) is 12.1 Å². The Morgan fingerprint density at radius 2 is 2.05 bits per heavy atom. The number of aromatic nitrogens is 1. The molecule has 1 fully saturated rings. The van der Waals surface area contributed by atoms with Gasteiger partial charge in [-0.05, 0) is 38.1 Å². The molecule has 1 aliphatic heterocycles. The van der Waals surface area contributed by atoms with Gasteiger partial charge in [0.15, 0.2) is 9.84 Å². The van der Waals surface area contributed by atoms with Crippen molar-refractivity contribution in [2.24, 2.45) is 0 Å². The summed E-state index contributed by atoms with van der Waals surface area (Å²) in [6, 6.07) is 7.34. The van der Waals surface area contributed by atoms with Crippen LogP contribution in [0.2, 0.25) is 0 Å². The minimum absolute atomic E-state index is 0.0148. The van der Waals surface area contributed by atoms with Gasteiger partial charge in [0.1, 0.15) is 5.88 Å². The van der Waals surface area contributed by atoms with Gasteiger partial charge < -0.3 is 10.6 Å². The van der Waals surface area contributed by atoms with Crippen molar-refractivity contribution in [3.63, 3.8) is 0 Å². The molecule has 0 aliphatic carbocycles. The number of benzene rings is 1. The molecule has 0 radical (unpaired) electrons. The second-order valence-electron chi connectivity index (χ2n) is 5.34. The van der Waals surface area contributed by atoms with Crippen LogP contribution in [-0.4, -0.2) is 38.4 Å². The first kappa shape index (κ1) is 14.4. The van der Waals surface area contributed by atoms with Crippen molar-refractivity contribution < 1.29 is 8.42 Å². The molecule has 6 heteroatoms. The lowest BCUT2D eigenvalue weighted by Gasteiger charge is -2.23. The SMILES string of the molecule is O=S(=O)(CNC1CCNCC1)c1cccc2cnccc12. The molecule has 0 bridgehead atoms. The van der Waals surface area contributed by atoms with Gasteiger partial charge in [-0.15, -0.1) is 0 Å². The first-order valence-corrected chi connectivity index (χ1v) is 8.82. The van der Waals surface area contributed by atoms with E-state index in [2.05, 4.69) is 15.6 Å². The highest BCUT2D eigenvalue weighted by molar-refractivity contribution is 7.91. The number of fused-ring (bicyclic) bond motifs is 1. The smallest absolute Gasteiger partial charge is 0.191 e. The van der Waals surface area contributed by atoms with Crippen LogP contribution in [0.15, 0.2) is 41.6 Å². The van der Waals surface area contributed by atoms with Crippen LogP contribution in [0.3, 0.4) is 0 Å². The quantitative estimate of drug-likeness (QED) is 0.891. The van der Waals surface area contributed by atoms with Crippen molar-refractivity contribution in [1.29, 1.82) is 0 Å². The van der Waals surface area contributed by atoms with Crippen molar-refractivity contribution in [3.05, 3.63) is 36.7 Å². The number of nitrogens with zero attached hydrogens (tertiary/aromatic N) is 1. The molecule has 0 atom stereocenters. The fraction of sp³-hybridized carbons (Fsp3) is 0.400. The number of hydrogen-bond donors (Lipinski definition) is 2. The van der Waals surface area contributed by atoms with Crippen LogP contribution in [0.4, 0.5) is 0 Å². The first-order valence-electron chi connectivity index (χ1n) is 7.16. The van der Waals surface area contributed by atoms with Gasteiger partial charge in [0.2, 0.25) is 0 Å². The monoisotopic (exact) mass is 305 g/mol. The molecule has 1 saturated heterocycles. The van der Waals surface area contributed by atoms with Crippen LogP contribution in [0.5, 0.6) is 0 Å². The molecule has 2 N–H and O–H groups in total. The van der Waals surface area contributed by atoms with Gasteiger partial charge in [-0.2, -0.15) is 0 Å². The second kappa shape index (κ2) is 6.09. The van der Waals surface area contributed by atoms with E-state index in [0.29, 0.717) is 4.90 Å². The van der Waals surface area contributed by atoms with Crippen LogP contribution in [0.25, 0.3) is 10.8 Å². The van der Waals surface area contributed by atoms with Gasteiger partial charge in [0, 0.05) is 29.2 Å². The van der Waals surface area contributed by atoms with Crippen LogP contribution in [-0.2, 0) is 9.84 Å². The average Bonchev–Trinajstić information content (AvgIpc) is 2.53. The highest BCUT2D eigenvalue weighted by atomic mass is 32.2. The summed E-state index contributed by atoms with van der Waals surface area (Å²) in [5, 5.41) is 8.04. The summed E-state index contributed by atoms with van der Waals surface area (Å²) in [6.07, 6.45) is 5.25. The Bertz CT molecular complexity index is 719. The number of nitrogens with one attached hydrogen (secondary N) is 2. The van der Waals surface area contributed by atoms with E-state index in [-0.39, 0.29) is 11.9 Å². The number of rotatable bonds is 4. The lowest BCUT2D eigenvalue weighted by molar-refractivity contribution is 0.402. The minimum Gasteiger partial charge on any atom is -0.317 e. The molecule has 0 amide bonds. The first-order chi connectivity index (χ1) is 10.2. The average molecular weight is 305 g/mol. The predicted octanol–water partition coefficient (Wildman–Crippen LogP) is 1.31. The van der Waals surface area contributed by atoms with Gasteiger partial charge in [-0.25, -0.2) is 8.42 Å². The summed E-state index contributed by atoms with van der Waals surface area (Å²) in [5.74, 6) is -0.0148. The molecule has 1 aliphatic rings. The molecule has 2 heterocycles. The molecule has 21 heavy (non-hydrogen) atoms. The summed E-state index contributed by atoms with van der Waals surface area (Å²) in [5.41, 5.74) is 0. The fourth-order valence-electron chi connectivity index (χ4n) is 2.70. The molecule has 0 spiro atoms. The number of pyridine rings is 1. The largest absolute Gasteiger partial charge is 0.317 e. The van der Waals surface area contributed by atoms with E-state index in [0.717, 1.165) is 36.7 Å². The molecular formula is C15H19N3O2S. The third-order valence-corrected chi connectivity index (χ3v) is 5.45. The topological polar surface area (TPSA) is 71.1 Å². The molecule has 112 valence electrons. The van der Waals surface area contributed by atoms with Crippen molar-refractivity contribution in [3.8, 4) is 0 Å². The Kier molecular flexibility index (Phi) is 4.19. The molecular weight excluding hydrogens is 286 g/mol.